The smallest absolute Gasteiger partial charge is 0.325 e. The molecule has 2 amide bonds. The fourth-order valence-corrected chi connectivity index (χ4v) is 2.72. The standard InChI is InChI=1S/C14H17N5O5/c1-18-4-3-9(16-18)14(22)19-6-8-10(7-19)24-17-12(8)13(21)15-5-11(20)23-2/h3-4,8,10H,5-7H2,1-2H3,(H,15,21). The van der Waals surface area contributed by atoms with E-state index < -0.39 is 11.9 Å². The molecule has 1 aromatic heterocycles. The number of rotatable bonds is 4. The number of methoxy groups -OCH3 is 1. The Morgan fingerprint density at radius 2 is 2.21 bits per heavy atom. The first-order valence-corrected chi connectivity index (χ1v) is 7.37. The molecule has 0 saturated carbocycles. The van der Waals surface area contributed by atoms with Gasteiger partial charge in [-0.25, -0.2) is 0 Å². The van der Waals surface area contributed by atoms with Gasteiger partial charge in [-0.2, -0.15) is 5.10 Å². The molecule has 0 aromatic carbocycles. The van der Waals surface area contributed by atoms with Crippen molar-refractivity contribution in [2.75, 3.05) is 26.7 Å². The van der Waals surface area contributed by atoms with Gasteiger partial charge in [-0.1, -0.05) is 5.16 Å². The Kier molecular flexibility index (Phi) is 4.19. The van der Waals surface area contributed by atoms with Crippen molar-refractivity contribution >= 4 is 23.5 Å². The molecule has 0 aliphatic carbocycles. The summed E-state index contributed by atoms with van der Waals surface area (Å²) >= 11 is 0. The number of ether oxygens (including phenoxy) is 1. The maximum absolute atomic E-state index is 12.4. The highest BCUT2D eigenvalue weighted by Gasteiger charge is 2.46. The molecule has 10 heteroatoms. The zero-order chi connectivity index (χ0) is 17.3. The SMILES string of the molecule is COC(=O)CNC(=O)C1=NOC2CN(C(=O)c3ccn(C)n3)CC12. The molecular formula is C14H17N5O5. The van der Waals surface area contributed by atoms with Crippen LogP contribution in [0.15, 0.2) is 17.4 Å². The van der Waals surface area contributed by atoms with Crippen molar-refractivity contribution in [2.24, 2.45) is 18.1 Å². The molecule has 1 saturated heterocycles. The summed E-state index contributed by atoms with van der Waals surface area (Å²) in [6.45, 7) is 0.393. The van der Waals surface area contributed by atoms with Crippen molar-refractivity contribution in [1.82, 2.24) is 20.0 Å². The molecule has 128 valence electrons. The lowest BCUT2D eigenvalue weighted by atomic mass is 10.0. The van der Waals surface area contributed by atoms with E-state index in [0.29, 0.717) is 18.8 Å². The Morgan fingerprint density at radius 1 is 1.42 bits per heavy atom. The number of esters is 1. The van der Waals surface area contributed by atoms with E-state index in [1.807, 2.05) is 0 Å². The Labute approximate surface area is 137 Å². The van der Waals surface area contributed by atoms with Gasteiger partial charge in [0.2, 0.25) is 0 Å². The molecule has 1 N–H and O–H groups in total. The van der Waals surface area contributed by atoms with Gasteiger partial charge in [0.15, 0.2) is 11.8 Å². The van der Waals surface area contributed by atoms with Gasteiger partial charge in [0.05, 0.1) is 19.6 Å². The third kappa shape index (κ3) is 2.94. The minimum Gasteiger partial charge on any atom is -0.468 e. The Hall–Kier alpha value is -2.91. The molecule has 2 aliphatic heterocycles. The maximum Gasteiger partial charge on any atom is 0.325 e. The number of likely N-dealkylation sites (tertiary alicyclic amines) is 1. The number of aryl methyl sites for hydroxylation is 1. The second-order valence-corrected chi connectivity index (χ2v) is 5.57. The molecule has 1 fully saturated rings. The summed E-state index contributed by atoms with van der Waals surface area (Å²) < 4.78 is 6.01. The minimum absolute atomic E-state index is 0.181. The van der Waals surface area contributed by atoms with Crippen molar-refractivity contribution in [3.63, 3.8) is 0 Å². The van der Waals surface area contributed by atoms with Crippen molar-refractivity contribution in [1.29, 1.82) is 0 Å². The number of aromatic nitrogens is 2. The van der Waals surface area contributed by atoms with Crippen LogP contribution >= 0.6 is 0 Å². The minimum atomic E-state index is -0.558. The van der Waals surface area contributed by atoms with E-state index in [1.54, 1.807) is 28.9 Å². The van der Waals surface area contributed by atoms with E-state index in [9.17, 15) is 14.4 Å². The molecule has 3 heterocycles. The van der Waals surface area contributed by atoms with Crippen molar-refractivity contribution in [3.8, 4) is 0 Å². The number of hydrogen-bond acceptors (Lipinski definition) is 7. The second kappa shape index (κ2) is 6.30. The first kappa shape index (κ1) is 16.0. The van der Waals surface area contributed by atoms with Crippen LogP contribution in [0.25, 0.3) is 0 Å². The number of oxime groups is 1. The maximum atomic E-state index is 12.4. The van der Waals surface area contributed by atoms with Crippen LogP contribution in [0.4, 0.5) is 0 Å². The van der Waals surface area contributed by atoms with Crippen LogP contribution in [0.3, 0.4) is 0 Å². The van der Waals surface area contributed by atoms with Crippen LogP contribution in [0.1, 0.15) is 10.5 Å². The largest absolute Gasteiger partial charge is 0.468 e. The monoisotopic (exact) mass is 335 g/mol. The summed E-state index contributed by atoms with van der Waals surface area (Å²) in [4.78, 5) is 42.5. The number of carbonyl (C=O) groups is 3. The highest BCUT2D eigenvalue weighted by Crippen LogP contribution is 2.28. The molecule has 2 atom stereocenters. The number of nitrogens with one attached hydrogen (secondary N) is 1. The van der Waals surface area contributed by atoms with E-state index >= 15 is 0 Å². The van der Waals surface area contributed by atoms with Gasteiger partial charge < -0.3 is 19.8 Å². The van der Waals surface area contributed by atoms with Crippen LogP contribution in [0, 0.1) is 5.92 Å². The fourth-order valence-electron chi connectivity index (χ4n) is 2.72. The summed E-state index contributed by atoms with van der Waals surface area (Å²) in [5.41, 5.74) is 0.520. The van der Waals surface area contributed by atoms with Gasteiger partial charge in [0.1, 0.15) is 12.2 Å². The predicted octanol–water partition coefficient (Wildman–Crippen LogP) is -1.46. The lowest BCUT2D eigenvalue weighted by molar-refractivity contribution is -0.140. The summed E-state index contributed by atoms with van der Waals surface area (Å²) in [6.07, 6.45) is 1.32. The van der Waals surface area contributed by atoms with Crippen LogP contribution < -0.4 is 5.32 Å². The Morgan fingerprint density at radius 3 is 2.88 bits per heavy atom. The summed E-state index contributed by atoms with van der Waals surface area (Å²) in [5.74, 6) is -1.60. The number of hydrogen-bond donors (Lipinski definition) is 1. The number of fused-ring (bicyclic) bond motifs is 1. The topological polar surface area (TPSA) is 115 Å². The average Bonchev–Trinajstić information content (AvgIpc) is 3.26. The molecule has 24 heavy (non-hydrogen) atoms. The number of carbonyl (C=O) groups excluding carboxylic acids is 3. The van der Waals surface area contributed by atoms with Gasteiger partial charge in [-0.3, -0.25) is 19.1 Å². The van der Waals surface area contributed by atoms with Crippen LogP contribution in [-0.2, 0) is 26.2 Å². The zero-order valence-corrected chi connectivity index (χ0v) is 13.3. The van der Waals surface area contributed by atoms with Gasteiger partial charge in [-0.15, -0.1) is 0 Å². The van der Waals surface area contributed by atoms with E-state index in [0.717, 1.165) is 0 Å². The first-order valence-electron chi connectivity index (χ1n) is 7.37. The highest BCUT2D eigenvalue weighted by atomic mass is 16.6. The molecule has 0 radical (unpaired) electrons. The van der Waals surface area contributed by atoms with Crippen LogP contribution in [0.2, 0.25) is 0 Å². The van der Waals surface area contributed by atoms with Gasteiger partial charge in [-0.05, 0) is 6.07 Å². The molecule has 2 unspecified atom stereocenters. The molecule has 2 aliphatic rings. The number of nitrogens with zero attached hydrogens (tertiary/aromatic N) is 4. The summed E-state index contributed by atoms with van der Waals surface area (Å²) in [6, 6.07) is 1.63. The predicted molar refractivity (Wildman–Crippen MR) is 79.9 cm³/mol. The Bertz CT molecular complexity index is 712. The Balaban J connectivity index is 1.62. The molecule has 0 bridgehead atoms. The normalized spacial score (nSPS) is 21.8. The molecule has 3 rings (SSSR count). The number of amides is 2. The molecular weight excluding hydrogens is 318 g/mol. The molecule has 1 aromatic rings. The van der Waals surface area contributed by atoms with Crippen LogP contribution in [0.5, 0.6) is 0 Å². The highest BCUT2D eigenvalue weighted by molar-refractivity contribution is 6.40. The zero-order valence-electron chi connectivity index (χ0n) is 13.3. The second-order valence-electron chi connectivity index (χ2n) is 5.57. The third-order valence-electron chi connectivity index (χ3n) is 3.98. The molecule has 10 nitrogen and oxygen atoms in total. The quantitative estimate of drug-likeness (QED) is 0.672. The van der Waals surface area contributed by atoms with Crippen molar-refractivity contribution < 1.29 is 24.0 Å². The van der Waals surface area contributed by atoms with Crippen molar-refractivity contribution in [2.45, 2.75) is 6.10 Å². The van der Waals surface area contributed by atoms with E-state index in [4.69, 9.17) is 4.84 Å². The van der Waals surface area contributed by atoms with Crippen molar-refractivity contribution in [3.05, 3.63) is 18.0 Å². The van der Waals surface area contributed by atoms with E-state index in [1.165, 1.54) is 7.11 Å². The van der Waals surface area contributed by atoms with Crippen LogP contribution in [-0.4, -0.2) is 71.0 Å². The summed E-state index contributed by atoms with van der Waals surface area (Å²) in [7, 11) is 2.97. The average molecular weight is 335 g/mol. The molecule has 0 spiro atoms. The van der Waals surface area contributed by atoms with Gasteiger partial charge >= 0.3 is 5.97 Å². The third-order valence-corrected chi connectivity index (χ3v) is 3.98. The summed E-state index contributed by atoms with van der Waals surface area (Å²) in [5, 5.41) is 10.3. The lowest BCUT2D eigenvalue weighted by Gasteiger charge is -2.15. The first-order chi connectivity index (χ1) is 11.5. The lowest BCUT2D eigenvalue weighted by Crippen LogP contribution is -2.39. The van der Waals surface area contributed by atoms with E-state index in [2.05, 4.69) is 20.3 Å². The van der Waals surface area contributed by atoms with Gasteiger partial charge in [0.25, 0.3) is 11.8 Å². The van der Waals surface area contributed by atoms with Gasteiger partial charge in [0, 0.05) is 19.8 Å². The van der Waals surface area contributed by atoms with E-state index in [-0.39, 0.29) is 30.2 Å². The fraction of sp³-hybridized carbons (Fsp3) is 0.500.